The third-order valence-electron chi connectivity index (χ3n) is 2.49. The van der Waals surface area contributed by atoms with E-state index < -0.39 is 33.7 Å². The molecule has 0 bridgehead atoms. The first-order chi connectivity index (χ1) is 9.99. The second-order valence-corrected chi connectivity index (χ2v) is 3.88. The van der Waals surface area contributed by atoms with E-state index in [0.717, 1.165) is 0 Å². The number of aromatic nitrogens is 2. The average molecular weight is 298 g/mol. The lowest BCUT2D eigenvalue weighted by molar-refractivity contribution is -0.387. The van der Waals surface area contributed by atoms with E-state index in [1.165, 1.54) is 6.33 Å². The maximum absolute atomic E-state index is 13.7. The minimum absolute atomic E-state index is 0.0186. The molecule has 0 unspecified atom stereocenters. The van der Waals surface area contributed by atoms with Crippen LogP contribution in [-0.4, -0.2) is 27.5 Å². The van der Waals surface area contributed by atoms with Gasteiger partial charge in [-0.2, -0.15) is 9.37 Å². The molecule has 0 aliphatic heterocycles. The highest BCUT2D eigenvalue weighted by molar-refractivity contribution is 5.95. The van der Waals surface area contributed by atoms with Gasteiger partial charge in [-0.1, -0.05) is 5.16 Å². The number of nitrogens with zero attached hydrogens (tertiary/aromatic N) is 3. The van der Waals surface area contributed by atoms with Crippen molar-refractivity contribution < 1.29 is 23.0 Å². The minimum Gasteiger partial charge on any atom is -0.351 e. The van der Waals surface area contributed by atoms with E-state index in [-0.39, 0.29) is 18.9 Å². The second-order valence-electron chi connectivity index (χ2n) is 3.88. The van der Waals surface area contributed by atoms with Crippen molar-refractivity contribution in [2.75, 3.05) is 6.54 Å². The zero-order valence-corrected chi connectivity index (χ0v) is 10.4. The average Bonchev–Trinajstić information content (AvgIpc) is 2.93. The van der Waals surface area contributed by atoms with E-state index in [1.54, 1.807) is 0 Å². The summed E-state index contributed by atoms with van der Waals surface area (Å²) in [6, 6.07) is 0.995. The smallest absolute Gasteiger partial charge is 0.308 e. The van der Waals surface area contributed by atoms with Crippen molar-refractivity contribution in [2.45, 2.75) is 6.42 Å². The van der Waals surface area contributed by atoms with Crippen molar-refractivity contribution >= 4 is 11.6 Å². The molecule has 8 nitrogen and oxygen atoms in total. The van der Waals surface area contributed by atoms with Crippen molar-refractivity contribution in [3.63, 3.8) is 0 Å². The first-order valence-corrected chi connectivity index (χ1v) is 5.66. The maximum Gasteiger partial charge on any atom is 0.308 e. The van der Waals surface area contributed by atoms with Crippen molar-refractivity contribution in [2.24, 2.45) is 0 Å². The summed E-state index contributed by atoms with van der Waals surface area (Å²) >= 11 is 0. The van der Waals surface area contributed by atoms with Gasteiger partial charge in [-0.25, -0.2) is 4.39 Å². The summed E-state index contributed by atoms with van der Waals surface area (Å²) < 4.78 is 31.6. The fourth-order valence-corrected chi connectivity index (χ4v) is 1.56. The lowest BCUT2D eigenvalue weighted by Gasteiger charge is -2.05. The van der Waals surface area contributed by atoms with Crippen LogP contribution in [0.25, 0.3) is 0 Å². The van der Waals surface area contributed by atoms with Gasteiger partial charge >= 0.3 is 5.69 Å². The molecule has 0 aliphatic rings. The highest BCUT2D eigenvalue weighted by atomic mass is 19.1. The molecule has 0 spiro atoms. The van der Waals surface area contributed by atoms with Gasteiger partial charge in [0, 0.05) is 13.0 Å². The van der Waals surface area contributed by atoms with Gasteiger partial charge in [0.15, 0.2) is 6.33 Å². The van der Waals surface area contributed by atoms with Crippen LogP contribution in [0.3, 0.4) is 0 Å². The number of nitro benzene ring substituents is 1. The Kier molecular flexibility index (Phi) is 4.16. The standard InChI is InChI=1S/C11H8F2N4O4/c12-6-3-7(10(13)8(4-6)17(19)20)11(18)14-2-1-9-15-5-16-21-9/h3-5H,1-2H2,(H,14,18). The van der Waals surface area contributed by atoms with E-state index in [0.29, 0.717) is 12.1 Å². The summed E-state index contributed by atoms with van der Waals surface area (Å²) in [7, 11) is 0. The van der Waals surface area contributed by atoms with Crippen LogP contribution in [0.1, 0.15) is 16.2 Å². The van der Waals surface area contributed by atoms with Crippen LogP contribution in [0.4, 0.5) is 14.5 Å². The van der Waals surface area contributed by atoms with Crippen LogP contribution >= 0.6 is 0 Å². The molecule has 21 heavy (non-hydrogen) atoms. The van der Waals surface area contributed by atoms with E-state index in [9.17, 15) is 23.7 Å². The molecule has 1 aromatic carbocycles. The molecule has 1 N–H and O–H groups in total. The van der Waals surface area contributed by atoms with E-state index >= 15 is 0 Å². The Labute approximate surface area is 115 Å². The third-order valence-corrected chi connectivity index (χ3v) is 2.49. The first kappa shape index (κ1) is 14.5. The summed E-state index contributed by atoms with van der Waals surface area (Å²) in [4.78, 5) is 24.9. The zero-order chi connectivity index (χ0) is 15.4. The van der Waals surface area contributed by atoms with Gasteiger partial charge in [-0.3, -0.25) is 14.9 Å². The zero-order valence-electron chi connectivity index (χ0n) is 10.4. The van der Waals surface area contributed by atoms with Crippen molar-refractivity contribution in [3.8, 4) is 0 Å². The van der Waals surface area contributed by atoms with Crippen LogP contribution < -0.4 is 5.32 Å². The molecule has 1 aromatic heterocycles. The van der Waals surface area contributed by atoms with Crippen LogP contribution in [0.5, 0.6) is 0 Å². The molecule has 110 valence electrons. The highest BCUT2D eigenvalue weighted by Crippen LogP contribution is 2.22. The van der Waals surface area contributed by atoms with Crippen LogP contribution in [0.15, 0.2) is 23.0 Å². The molecule has 0 aliphatic carbocycles. The third kappa shape index (κ3) is 3.35. The minimum atomic E-state index is -1.39. The van der Waals surface area contributed by atoms with Gasteiger partial charge in [-0.15, -0.1) is 0 Å². The fraction of sp³-hybridized carbons (Fsp3) is 0.182. The number of nitro groups is 1. The number of hydrogen-bond donors (Lipinski definition) is 1. The van der Waals surface area contributed by atoms with Crippen LogP contribution in [0, 0.1) is 21.7 Å². The predicted molar refractivity (Wildman–Crippen MR) is 63.3 cm³/mol. The molecule has 10 heteroatoms. The topological polar surface area (TPSA) is 111 Å². The van der Waals surface area contributed by atoms with Gasteiger partial charge in [-0.05, 0) is 6.07 Å². The summed E-state index contributed by atoms with van der Waals surface area (Å²) in [5.41, 5.74) is -1.84. The van der Waals surface area contributed by atoms with Gasteiger partial charge < -0.3 is 9.84 Å². The summed E-state index contributed by atoms with van der Waals surface area (Å²) in [5.74, 6) is -3.20. The molecule has 0 atom stereocenters. The number of carbonyl (C=O) groups excluding carboxylic acids is 1. The fourth-order valence-electron chi connectivity index (χ4n) is 1.56. The normalized spacial score (nSPS) is 10.4. The van der Waals surface area contributed by atoms with E-state index in [4.69, 9.17) is 0 Å². The van der Waals surface area contributed by atoms with Gasteiger partial charge in [0.1, 0.15) is 5.82 Å². The lowest BCUT2D eigenvalue weighted by atomic mass is 10.1. The quantitative estimate of drug-likeness (QED) is 0.656. The van der Waals surface area contributed by atoms with E-state index in [1.807, 2.05) is 0 Å². The number of halogens is 2. The number of hydrogen-bond acceptors (Lipinski definition) is 6. The second kappa shape index (κ2) is 6.03. The largest absolute Gasteiger partial charge is 0.351 e. The molecule has 1 heterocycles. The molecule has 0 radical (unpaired) electrons. The van der Waals surface area contributed by atoms with Crippen LogP contribution in [0.2, 0.25) is 0 Å². The first-order valence-electron chi connectivity index (χ1n) is 5.66. The number of amides is 1. The number of carbonyl (C=O) groups is 1. The van der Waals surface area contributed by atoms with E-state index in [2.05, 4.69) is 20.0 Å². The summed E-state index contributed by atoms with van der Waals surface area (Å²) in [6.45, 7) is 0.0186. The molecule has 1 amide bonds. The van der Waals surface area contributed by atoms with Gasteiger partial charge in [0.2, 0.25) is 11.7 Å². The lowest BCUT2D eigenvalue weighted by Crippen LogP contribution is -2.27. The number of benzene rings is 1. The molecule has 2 rings (SSSR count). The monoisotopic (exact) mass is 298 g/mol. The number of rotatable bonds is 5. The molecule has 0 fully saturated rings. The summed E-state index contributed by atoms with van der Waals surface area (Å²) in [5, 5.41) is 16.2. The molecule has 0 saturated heterocycles. The molecular formula is C11H8F2N4O4. The predicted octanol–water partition coefficient (Wildman–Crippen LogP) is 1.23. The number of nitrogens with one attached hydrogen (secondary N) is 1. The Balaban J connectivity index is 2.10. The summed E-state index contributed by atoms with van der Waals surface area (Å²) in [6.07, 6.45) is 1.36. The molecular weight excluding hydrogens is 290 g/mol. The Hall–Kier alpha value is -2.91. The van der Waals surface area contributed by atoms with Gasteiger partial charge in [0.05, 0.1) is 16.6 Å². The Morgan fingerprint density at radius 2 is 2.19 bits per heavy atom. The van der Waals surface area contributed by atoms with Crippen molar-refractivity contribution in [1.29, 1.82) is 0 Å². The Morgan fingerprint density at radius 1 is 1.43 bits per heavy atom. The highest BCUT2D eigenvalue weighted by Gasteiger charge is 2.24. The molecule has 0 saturated carbocycles. The van der Waals surface area contributed by atoms with Crippen molar-refractivity contribution in [1.82, 2.24) is 15.5 Å². The van der Waals surface area contributed by atoms with Gasteiger partial charge in [0.25, 0.3) is 5.91 Å². The van der Waals surface area contributed by atoms with Crippen LogP contribution in [-0.2, 0) is 6.42 Å². The maximum atomic E-state index is 13.7. The Morgan fingerprint density at radius 3 is 2.81 bits per heavy atom. The Bertz CT molecular complexity index is 675. The SMILES string of the molecule is O=C(NCCc1ncno1)c1cc(F)cc([N+](=O)[O-])c1F. The van der Waals surface area contributed by atoms with Crippen molar-refractivity contribution in [3.05, 3.63) is 51.7 Å². The molecule has 2 aromatic rings.